The number of halogens is 3. The molecule has 0 amide bonds. The van der Waals surface area contributed by atoms with E-state index in [0.29, 0.717) is 17.0 Å². The number of sulfonamides is 1. The molecule has 3 aromatic rings. The van der Waals surface area contributed by atoms with Crippen LogP contribution in [0.1, 0.15) is 41.5 Å². The highest BCUT2D eigenvalue weighted by Crippen LogP contribution is 2.39. The van der Waals surface area contributed by atoms with Crippen LogP contribution < -0.4 is 9.04 Å². The van der Waals surface area contributed by atoms with Gasteiger partial charge in [-0.3, -0.25) is 9.10 Å². The Labute approximate surface area is 225 Å². The van der Waals surface area contributed by atoms with Crippen LogP contribution in [0.5, 0.6) is 5.75 Å². The number of benzene rings is 3. The van der Waals surface area contributed by atoms with Gasteiger partial charge in [0, 0.05) is 22.6 Å². The van der Waals surface area contributed by atoms with Crippen LogP contribution in [-0.2, 0) is 19.6 Å². The molecule has 0 aliphatic carbocycles. The van der Waals surface area contributed by atoms with Crippen LogP contribution in [0.15, 0.2) is 65.6 Å². The molecule has 10 heteroatoms. The average Bonchev–Trinajstić information content (AvgIpc) is 2.90. The Bertz CT molecular complexity index is 1480. The minimum atomic E-state index is -3.99. The molecule has 0 saturated heterocycles. The van der Waals surface area contributed by atoms with Crippen molar-refractivity contribution in [1.29, 1.82) is 0 Å². The van der Waals surface area contributed by atoms with E-state index in [1.165, 1.54) is 41.8 Å². The molecule has 0 bridgehead atoms. The number of alkyl halides is 2. The van der Waals surface area contributed by atoms with Crippen molar-refractivity contribution in [2.45, 2.75) is 37.2 Å². The highest BCUT2D eigenvalue weighted by molar-refractivity contribution is 7.92. The molecule has 1 aliphatic rings. The van der Waals surface area contributed by atoms with E-state index in [9.17, 15) is 22.0 Å². The number of aryl methyl sites for hydroxylation is 1. The van der Waals surface area contributed by atoms with E-state index in [0.717, 1.165) is 5.56 Å². The molecule has 6 nitrogen and oxygen atoms in total. The number of hydrogen-bond donors (Lipinski definition) is 0. The standard InChI is InChI=1S/C28H26ClF2NO5S/c1-18-5-3-6-21(15-18)38(34,35)32-17-20(11-14-27(33)36-2)37-26-13-10-19(16-25(26)32)9-12-22-23(28(30)31)7-4-8-24(22)29/h3-10,12-13,15-16,20,28H,11,14,17H2,1-2H3/b12-9+/t20-/m0/s1. The highest BCUT2D eigenvalue weighted by atomic mass is 35.5. The third-order valence-corrected chi connectivity index (χ3v) is 8.26. The van der Waals surface area contributed by atoms with Crippen LogP contribution in [0.3, 0.4) is 0 Å². The molecule has 1 atom stereocenters. The predicted octanol–water partition coefficient (Wildman–Crippen LogP) is 6.67. The fourth-order valence-electron chi connectivity index (χ4n) is 4.19. The largest absolute Gasteiger partial charge is 0.486 e. The van der Waals surface area contributed by atoms with Gasteiger partial charge in [0.25, 0.3) is 16.4 Å². The first-order valence-electron chi connectivity index (χ1n) is 11.8. The number of esters is 1. The fourth-order valence-corrected chi connectivity index (χ4v) is 6.04. The summed E-state index contributed by atoms with van der Waals surface area (Å²) < 4.78 is 66.5. The summed E-state index contributed by atoms with van der Waals surface area (Å²) in [7, 11) is -2.70. The van der Waals surface area contributed by atoms with Crippen LogP contribution in [0, 0.1) is 6.92 Å². The average molecular weight is 562 g/mol. The molecule has 1 aliphatic heterocycles. The second kappa shape index (κ2) is 11.5. The lowest BCUT2D eigenvalue weighted by Crippen LogP contribution is -2.43. The zero-order valence-electron chi connectivity index (χ0n) is 20.7. The smallest absolute Gasteiger partial charge is 0.305 e. The normalized spacial score (nSPS) is 15.4. The SMILES string of the molecule is COC(=O)CC[C@H]1CN(S(=O)(=O)c2cccc(C)c2)c2cc(/C=C/c3c(Cl)cccc3C(F)F)ccc2O1. The summed E-state index contributed by atoms with van der Waals surface area (Å²) in [4.78, 5) is 11.8. The van der Waals surface area contributed by atoms with E-state index in [1.807, 2.05) is 0 Å². The molecule has 0 fully saturated rings. The first-order valence-corrected chi connectivity index (χ1v) is 13.6. The van der Waals surface area contributed by atoms with Gasteiger partial charge in [-0.05, 0) is 54.8 Å². The van der Waals surface area contributed by atoms with E-state index < -0.39 is 28.5 Å². The van der Waals surface area contributed by atoms with Crippen LogP contribution in [0.4, 0.5) is 14.5 Å². The van der Waals surface area contributed by atoms with Crippen molar-refractivity contribution in [2.24, 2.45) is 0 Å². The third-order valence-electron chi connectivity index (χ3n) is 6.15. The van der Waals surface area contributed by atoms with E-state index in [1.54, 1.807) is 49.4 Å². The molecule has 0 N–H and O–H groups in total. The number of ether oxygens (including phenoxy) is 2. The van der Waals surface area contributed by atoms with Gasteiger partial charge in [0.15, 0.2) is 0 Å². The molecule has 200 valence electrons. The van der Waals surface area contributed by atoms with Gasteiger partial charge >= 0.3 is 5.97 Å². The van der Waals surface area contributed by atoms with Crippen LogP contribution in [0.25, 0.3) is 12.2 Å². The molecule has 0 radical (unpaired) electrons. The fraction of sp³-hybridized carbons (Fsp3) is 0.250. The highest BCUT2D eigenvalue weighted by Gasteiger charge is 2.35. The lowest BCUT2D eigenvalue weighted by atomic mass is 10.0. The summed E-state index contributed by atoms with van der Waals surface area (Å²) in [6, 6.07) is 15.8. The Balaban J connectivity index is 1.74. The molecule has 4 rings (SSSR count). The van der Waals surface area contributed by atoms with E-state index in [4.69, 9.17) is 21.1 Å². The summed E-state index contributed by atoms with van der Waals surface area (Å²) in [6.07, 6.45) is 0.111. The van der Waals surface area contributed by atoms with Crippen LogP contribution in [0.2, 0.25) is 5.02 Å². The van der Waals surface area contributed by atoms with Gasteiger partial charge in [-0.15, -0.1) is 0 Å². The first-order chi connectivity index (χ1) is 18.1. The van der Waals surface area contributed by atoms with Gasteiger partial charge in [0.1, 0.15) is 11.9 Å². The maximum atomic E-state index is 13.8. The van der Waals surface area contributed by atoms with Crippen LogP contribution >= 0.6 is 11.6 Å². The van der Waals surface area contributed by atoms with E-state index in [-0.39, 0.29) is 40.4 Å². The maximum absolute atomic E-state index is 13.8. The third kappa shape index (κ3) is 6.00. The maximum Gasteiger partial charge on any atom is 0.305 e. The topological polar surface area (TPSA) is 72.9 Å². The molecule has 0 spiro atoms. The molecular weight excluding hydrogens is 536 g/mol. The van der Waals surface area contributed by atoms with Crippen molar-refractivity contribution < 1.29 is 31.5 Å². The summed E-state index contributed by atoms with van der Waals surface area (Å²) in [6.45, 7) is 1.78. The zero-order chi connectivity index (χ0) is 27.4. The van der Waals surface area contributed by atoms with Crippen molar-refractivity contribution in [3.05, 3.63) is 87.9 Å². The quantitative estimate of drug-likeness (QED) is 0.227. The minimum Gasteiger partial charge on any atom is -0.486 e. The monoisotopic (exact) mass is 561 g/mol. The number of hydrogen-bond acceptors (Lipinski definition) is 5. The van der Waals surface area contributed by atoms with E-state index in [2.05, 4.69) is 0 Å². The predicted molar refractivity (Wildman–Crippen MR) is 143 cm³/mol. The Morgan fingerprint density at radius 3 is 2.63 bits per heavy atom. The van der Waals surface area contributed by atoms with Gasteiger partial charge in [-0.1, -0.05) is 54.1 Å². The van der Waals surface area contributed by atoms with Crippen molar-refractivity contribution in [3.63, 3.8) is 0 Å². The van der Waals surface area contributed by atoms with Crippen molar-refractivity contribution in [3.8, 4) is 5.75 Å². The Kier molecular flexibility index (Phi) is 8.38. The van der Waals surface area contributed by atoms with E-state index >= 15 is 0 Å². The van der Waals surface area contributed by atoms with Gasteiger partial charge in [0.2, 0.25) is 0 Å². The summed E-state index contributed by atoms with van der Waals surface area (Å²) in [5.74, 6) is -0.0961. The first kappa shape index (κ1) is 27.6. The van der Waals surface area contributed by atoms with Gasteiger partial charge in [-0.25, -0.2) is 17.2 Å². The number of rotatable bonds is 8. The molecule has 0 unspecified atom stereocenters. The van der Waals surface area contributed by atoms with Gasteiger partial charge < -0.3 is 9.47 Å². The van der Waals surface area contributed by atoms with Crippen molar-refractivity contribution in [1.82, 2.24) is 0 Å². The number of methoxy groups -OCH3 is 1. The Morgan fingerprint density at radius 2 is 1.92 bits per heavy atom. The summed E-state index contributed by atoms with van der Waals surface area (Å²) in [5.41, 5.74) is 1.63. The van der Waals surface area contributed by atoms with Crippen LogP contribution in [-0.4, -0.2) is 34.1 Å². The second-order valence-corrected chi connectivity index (χ2v) is 11.1. The Hall–Kier alpha value is -3.43. The zero-order valence-corrected chi connectivity index (χ0v) is 22.3. The molecule has 3 aromatic carbocycles. The summed E-state index contributed by atoms with van der Waals surface area (Å²) >= 11 is 6.17. The molecule has 1 heterocycles. The van der Waals surface area contributed by atoms with Gasteiger partial charge in [0.05, 0.1) is 24.2 Å². The molecule has 38 heavy (non-hydrogen) atoms. The number of nitrogens with zero attached hydrogens (tertiary/aromatic N) is 1. The lowest BCUT2D eigenvalue weighted by molar-refractivity contribution is -0.141. The minimum absolute atomic E-state index is 0.0204. The summed E-state index contributed by atoms with van der Waals surface area (Å²) in [5, 5.41) is 0.178. The number of carbonyl (C=O) groups excluding carboxylic acids is 1. The number of carbonyl (C=O) groups is 1. The number of fused-ring (bicyclic) bond motifs is 1. The molecule has 0 saturated carbocycles. The molecule has 0 aromatic heterocycles. The van der Waals surface area contributed by atoms with Gasteiger partial charge in [-0.2, -0.15) is 0 Å². The lowest BCUT2D eigenvalue weighted by Gasteiger charge is -2.35. The second-order valence-electron chi connectivity index (χ2n) is 8.81. The molecular formula is C28H26ClF2NO5S. The Morgan fingerprint density at radius 1 is 1.16 bits per heavy atom. The number of anilines is 1. The van der Waals surface area contributed by atoms with Crippen molar-refractivity contribution >= 4 is 45.4 Å². The van der Waals surface area contributed by atoms with Crippen molar-refractivity contribution in [2.75, 3.05) is 18.0 Å².